The molecule has 3 aromatic carbocycles. The van der Waals surface area contributed by atoms with Crippen molar-refractivity contribution in [3.05, 3.63) is 84.7 Å². The van der Waals surface area contributed by atoms with E-state index in [0.717, 1.165) is 6.26 Å². The average Bonchev–Trinajstić information content (AvgIpc) is 2.81. The van der Waals surface area contributed by atoms with Crippen molar-refractivity contribution < 1.29 is 27.1 Å². The molecule has 9 heteroatoms. The van der Waals surface area contributed by atoms with Crippen molar-refractivity contribution >= 4 is 21.6 Å². The van der Waals surface area contributed by atoms with Gasteiger partial charge in [0.1, 0.15) is 23.9 Å². The lowest BCUT2D eigenvalue weighted by molar-refractivity contribution is -0.121. The number of anilines is 1. The molecule has 180 valence electrons. The molecule has 0 saturated heterocycles. The Kier molecular flexibility index (Phi) is 8.86. The summed E-state index contributed by atoms with van der Waals surface area (Å²) >= 11 is 0. The topological polar surface area (TPSA) is 84.9 Å². The van der Waals surface area contributed by atoms with Crippen LogP contribution in [-0.2, 0) is 14.8 Å². The van der Waals surface area contributed by atoms with Crippen molar-refractivity contribution in [3.63, 3.8) is 0 Å². The van der Waals surface area contributed by atoms with E-state index in [9.17, 15) is 17.6 Å². The normalized spacial score (nSPS) is 11.0. The third-order valence-corrected chi connectivity index (χ3v) is 5.96. The van der Waals surface area contributed by atoms with Gasteiger partial charge in [0.05, 0.1) is 18.5 Å². The van der Waals surface area contributed by atoms with Gasteiger partial charge in [-0.05, 0) is 55.0 Å². The summed E-state index contributed by atoms with van der Waals surface area (Å²) in [7, 11) is -3.61. The monoisotopic (exact) mass is 486 g/mol. The van der Waals surface area contributed by atoms with Crippen molar-refractivity contribution in [1.82, 2.24) is 5.32 Å². The summed E-state index contributed by atoms with van der Waals surface area (Å²) in [4.78, 5) is 12.2. The Hall–Kier alpha value is -3.59. The predicted octanol–water partition coefficient (Wildman–Crippen LogP) is 4.36. The molecule has 0 unspecified atom stereocenters. The van der Waals surface area contributed by atoms with Gasteiger partial charge < -0.3 is 14.8 Å². The van der Waals surface area contributed by atoms with Gasteiger partial charge in [0.25, 0.3) is 0 Å². The first-order valence-corrected chi connectivity index (χ1v) is 12.6. The maximum absolute atomic E-state index is 12.9. The molecule has 0 aromatic heterocycles. The quantitative estimate of drug-likeness (QED) is 0.385. The Morgan fingerprint density at radius 1 is 0.941 bits per heavy atom. The summed E-state index contributed by atoms with van der Waals surface area (Å²) in [6, 6.07) is 21.6. The number of carbonyl (C=O) groups excluding carboxylic acids is 1. The van der Waals surface area contributed by atoms with Crippen LogP contribution in [0.25, 0.3) is 0 Å². The number of ether oxygens (including phenoxy) is 2. The number of nitrogens with one attached hydrogen (secondary N) is 1. The van der Waals surface area contributed by atoms with Crippen LogP contribution in [0.1, 0.15) is 12.8 Å². The van der Waals surface area contributed by atoms with Crippen molar-refractivity contribution in [2.75, 3.05) is 30.3 Å². The molecule has 0 aliphatic rings. The van der Waals surface area contributed by atoms with E-state index < -0.39 is 10.0 Å². The van der Waals surface area contributed by atoms with E-state index in [4.69, 9.17) is 9.47 Å². The molecule has 0 fully saturated rings. The molecule has 3 aromatic rings. The van der Waals surface area contributed by atoms with Crippen LogP contribution >= 0.6 is 0 Å². The third-order valence-electron chi connectivity index (χ3n) is 4.78. The van der Waals surface area contributed by atoms with Crippen LogP contribution in [-0.4, -0.2) is 40.3 Å². The number of para-hydroxylation sites is 3. The maximum atomic E-state index is 12.9. The first-order chi connectivity index (χ1) is 16.3. The van der Waals surface area contributed by atoms with E-state index in [1.54, 1.807) is 36.4 Å². The Balaban J connectivity index is 1.52. The van der Waals surface area contributed by atoms with Gasteiger partial charge >= 0.3 is 0 Å². The van der Waals surface area contributed by atoms with Crippen LogP contribution in [0.4, 0.5) is 10.1 Å². The number of nitrogens with zero attached hydrogens (tertiary/aromatic N) is 1. The van der Waals surface area contributed by atoms with Gasteiger partial charge in [0.2, 0.25) is 15.9 Å². The summed E-state index contributed by atoms with van der Waals surface area (Å²) in [5, 5.41) is 2.73. The highest BCUT2D eigenvalue weighted by Crippen LogP contribution is 2.33. The summed E-state index contributed by atoms with van der Waals surface area (Å²) in [5.74, 6) is 0.936. The van der Waals surface area contributed by atoms with Crippen molar-refractivity contribution in [1.29, 1.82) is 0 Å². The van der Waals surface area contributed by atoms with E-state index in [2.05, 4.69) is 5.32 Å². The fourth-order valence-electron chi connectivity index (χ4n) is 3.19. The Morgan fingerprint density at radius 2 is 1.62 bits per heavy atom. The fourth-order valence-corrected chi connectivity index (χ4v) is 4.16. The van der Waals surface area contributed by atoms with Gasteiger partial charge in [0.15, 0.2) is 5.75 Å². The molecule has 0 heterocycles. The number of amides is 1. The highest BCUT2D eigenvalue weighted by molar-refractivity contribution is 7.92. The summed E-state index contributed by atoms with van der Waals surface area (Å²) in [6.07, 6.45) is 1.58. The first kappa shape index (κ1) is 25.0. The summed E-state index contributed by atoms with van der Waals surface area (Å²) in [6.45, 7) is 0.629. The molecule has 3 rings (SSSR count). The molecule has 0 bridgehead atoms. The molecule has 0 aliphatic carbocycles. The molecule has 0 saturated carbocycles. The highest BCUT2D eigenvalue weighted by atomic mass is 32.2. The van der Waals surface area contributed by atoms with Crippen LogP contribution in [0.5, 0.6) is 17.2 Å². The van der Waals surface area contributed by atoms with E-state index in [-0.39, 0.29) is 37.8 Å². The molecular weight excluding hydrogens is 459 g/mol. The average molecular weight is 487 g/mol. The largest absolute Gasteiger partial charge is 0.492 e. The number of rotatable bonds is 12. The zero-order valence-electron chi connectivity index (χ0n) is 18.8. The molecular formula is C25H27FN2O5S. The van der Waals surface area contributed by atoms with Crippen molar-refractivity contribution in [3.8, 4) is 17.2 Å². The summed E-state index contributed by atoms with van der Waals surface area (Å²) in [5.41, 5.74) is 0.405. The summed E-state index contributed by atoms with van der Waals surface area (Å²) < 4.78 is 50.5. The van der Waals surface area contributed by atoms with Gasteiger partial charge in [-0.25, -0.2) is 12.8 Å². The van der Waals surface area contributed by atoms with E-state index in [1.165, 1.54) is 28.6 Å². The van der Waals surface area contributed by atoms with Crippen LogP contribution in [0.3, 0.4) is 0 Å². The lowest BCUT2D eigenvalue weighted by atomic mass is 10.2. The number of carbonyl (C=O) groups is 1. The van der Waals surface area contributed by atoms with Gasteiger partial charge in [-0.15, -0.1) is 0 Å². The predicted molar refractivity (Wildman–Crippen MR) is 129 cm³/mol. The Labute approximate surface area is 199 Å². The second-order valence-electron chi connectivity index (χ2n) is 7.47. The number of halogens is 1. The van der Waals surface area contributed by atoms with Gasteiger partial charge in [-0.1, -0.05) is 30.3 Å². The van der Waals surface area contributed by atoms with E-state index >= 15 is 0 Å². The second kappa shape index (κ2) is 12.0. The fraction of sp³-hybridized carbons (Fsp3) is 0.240. The molecule has 0 atom stereocenters. The number of hydrogen-bond acceptors (Lipinski definition) is 5. The van der Waals surface area contributed by atoms with Crippen LogP contribution < -0.4 is 19.1 Å². The zero-order valence-corrected chi connectivity index (χ0v) is 19.6. The van der Waals surface area contributed by atoms with Crippen LogP contribution in [0.2, 0.25) is 0 Å². The molecule has 0 radical (unpaired) electrons. The number of benzene rings is 3. The molecule has 0 aliphatic heterocycles. The van der Waals surface area contributed by atoms with Gasteiger partial charge in [-0.2, -0.15) is 0 Å². The minimum absolute atomic E-state index is 0.119. The Bertz CT molecular complexity index is 1170. The molecule has 34 heavy (non-hydrogen) atoms. The smallest absolute Gasteiger partial charge is 0.232 e. The van der Waals surface area contributed by atoms with Crippen LogP contribution in [0, 0.1) is 5.82 Å². The number of hydrogen-bond donors (Lipinski definition) is 1. The lowest BCUT2D eigenvalue weighted by Crippen LogP contribution is -2.33. The molecule has 7 nitrogen and oxygen atoms in total. The van der Waals surface area contributed by atoms with Crippen molar-refractivity contribution in [2.24, 2.45) is 0 Å². The van der Waals surface area contributed by atoms with E-state index in [1.807, 2.05) is 18.2 Å². The second-order valence-corrected chi connectivity index (χ2v) is 9.38. The van der Waals surface area contributed by atoms with Crippen LogP contribution in [0.15, 0.2) is 78.9 Å². The standard InChI is InChI=1S/C25H27FN2O5S/c1-34(30,31)28(23-10-5-6-11-24(23)33-22-8-3-2-4-9-22)18-7-12-25(29)27-17-19-32-21-15-13-20(26)14-16-21/h2-6,8-11,13-16H,7,12,17-19H2,1H3,(H,27,29). The number of sulfonamides is 1. The first-order valence-electron chi connectivity index (χ1n) is 10.8. The zero-order chi connectivity index (χ0) is 24.4. The van der Waals surface area contributed by atoms with Gasteiger partial charge in [-0.3, -0.25) is 9.10 Å². The molecule has 0 spiro atoms. The highest BCUT2D eigenvalue weighted by Gasteiger charge is 2.21. The maximum Gasteiger partial charge on any atom is 0.232 e. The molecule has 1 amide bonds. The van der Waals surface area contributed by atoms with Crippen molar-refractivity contribution in [2.45, 2.75) is 12.8 Å². The van der Waals surface area contributed by atoms with Gasteiger partial charge in [0, 0.05) is 13.0 Å². The minimum atomic E-state index is -3.61. The third kappa shape index (κ3) is 7.77. The van der Waals surface area contributed by atoms with E-state index in [0.29, 0.717) is 29.4 Å². The minimum Gasteiger partial charge on any atom is -0.492 e. The Morgan fingerprint density at radius 3 is 2.32 bits per heavy atom. The molecule has 1 N–H and O–H groups in total. The SMILES string of the molecule is CS(=O)(=O)N(CCCC(=O)NCCOc1ccc(F)cc1)c1ccccc1Oc1ccccc1. The lowest BCUT2D eigenvalue weighted by Gasteiger charge is -2.24.